The van der Waals surface area contributed by atoms with E-state index in [9.17, 15) is 14.0 Å². The Bertz CT molecular complexity index is 1140. The molecule has 1 amide bonds. The van der Waals surface area contributed by atoms with Crippen LogP contribution in [0.3, 0.4) is 0 Å². The maximum Gasteiger partial charge on any atom is 0.322 e. The van der Waals surface area contributed by atoms with Crippen molar-refractivity contribution < 1.29 is 23.8 Å². The molecule has 30 heavy (non-hydrogen) atoms. The lowest BCUT2D eigenvalue weighted by molar-refractivity contribution is -0.135. The number of carboxylic acids is 1. The molecule has 0 spiro atoms. The number of fused-ring (bicyclic) bond motifs is 1. The second kappa shape index (κ2) is 9.09. The Balaban J connectivity index is 1.94. The molecule has 0 saturated carbocycles. The van der Waals surface area contributed by atoms with Crippen LogP contribution in [0.1, 0.15) is 28.5 Å². The topological polar surface area (TPSA) is 88.5 Å². The van der Waals surface area contributed by atoms with Crippen molar-refractivity contribution in [1.29, 1.82) is 0 Å². The zero-order valence-electron chi connectivity index (χ0n) is 16.1. The van der Waals surface area contributed by atoms with Crippen LogP contribution in [0.15, 0.2) is 39.3 Å². The van der Waals surface area contributed by atoms with E-state index in [0.29, 0.717) is 32.0 Å². The summed E-state index contributed by atoms with van der Waals surface area (Å²) >= 11 is 6.70. The monoisotopic (exact) mass is 538 g/mol. The fraction of sp³-hybridized carbons (Fsp3) is 0.190. The van der Waals surface area contributed by atoms with Crippen LogP contribution in [-0.2, 0) is 11.2 Å². The number of carboxylic acid groups (broad SMARTS) is 1. The van der Waals surface area contributed by atoms with Crippen molar-refractivity contribution in [1.82, 2.24) is 10.3 Å². The smallest absolute Gasteiger partial charge is 0.322 e. The highest BCUT2D eigenvalue weighted by molar-refractivity contribution is 9.11. The molecule has 0 bridgehead atoms. The summed E-state index contributed by atoms with van der Waals surface area (Å²) in [6, 6.07) is 7.89. The van der Waals surface area contributed by atoms with Gasteiger partial charge in [-0.15, -0.1) is 0 Å². The number of pyridine rings is 1. The number of ether oxygens (including phenoxy) is 1. The van der Waals surface area contributed by atoms with Crippen molar-refractivity contribution >= 4 is 54.6 Å². The van der Waals surface area contributed by atoms with Crippen molar-refractivity contribution in [2.75, 3.05) is 6.54 Å². The van der Waals surface area contributed by atoms with E-state index in [1.54, 1.807) is 6.07 Å². The molecular formula is C21H17Br2FN2O4. The van der Waals surface area contributed by atoms with Crippen LogP contribution in [0.5, 0.6) is 11.5 Å². The Kier molecular flexibility index (Phi) is 6.72. The Morgan fingerprint density at radius 2 is 1.83 bits per heavy atom. The van der Waals surface area contributed by atoms with Gasteiger partial charge in [0.2, 0.25) is 0 Å². The van der Waals surface area contributed by atoms with Gasteiger partial charge in [-0.25, -0.2) is 9.37 Å². The van der Waals surface area contributed by atoms with Gasteiger partial charge >= 0.3 is 5.97 Å². The van der Waals surface area contributed by atoms with Gasteiger partial charge in [0.1, 0.15) is 17.8 Å². The number of aromatic nitrogens is 1. The molecule has 156 valence electrons. The molecule has 9 heteroatoms. The molecule has 2 aromatic carbocycles. The molecule has 0 radical (unpaired) electrons. The van der Waals surface area contributed by atoms with Crippen LogP contribution in [0, 0.1) is 12.7 Å². The van der Waals surface area contributed by atoms with Gasteiger partial charge in [0, 0.05) is 22.7 Å². The Hall–Kier alpha value is -2.52. The predicted octanol–water partition coefficient (Wildman–Crippen LogP) is 5.38. The van der Waals surface area contributed by atoms with E-state index >= 15 is 0 Å². The average molecular weight is 540 g/mol. The number of nitrogens with zero attached hydrogens (tertiary/aromatic N) is 1. The molecule has 0 saturated heterocycles. The summed E-state index contributed by atoms with van der Waals surface area (Å²) in [7, 11) is 0. The highest BCUT2D eigenvalue weighted by atomic mass is 79.9. The van der Waals surface area contributed by atoms with E-state index < -0.39 is 24.2 Å². The third kappa shape index (κ3) is 4.79. The Morgan fingerprint density at radius 1 is 1.17 bits per heavy atom. The first kappa shape index (κ1) is 22.2. The van der Waals surface area contributed by atoms with Gasteiger partial charge in [-0.05, 0) is 75.0 Å². The Morgan fingerprint density at radius 3 is 2.43 bits per heavy atom. The third-order valence-corrected chi connectivity index (χ3v) is 5.52. The summed E-state index contributed by atoms with van der Waals surface area (Å²) in [5.74, 6) is -1.55. The summed E-state index contributed by atoms with van der Waals surface area (Å²) in [6.45, 7) is 3.36. The van der Waals surface area contributed by atoms with Crippen molar-refractivity contribution in [3.8, 4) is 11.5 Å². The fourth-order valence-electron chi connectivity index (χ4n) is 2.90. The second-order valence-electron chi connectivity index (χ2n) is 6.53. The number of aliphatic carboxylic acids is 1. The highest BCUT2D eigenvalue weighted by Gasteiger charge is 2.17. The number of carbonyl (C=O) groups is 2. The van der Waals surface area contributed by atoms with Crippen LogP contribution < -0.4 is 10.1 Å². The summed E-state index contributed by atoms with van der Waals surface area (Å²) in [6.07, 6.45) is 0.709. The number of aryl methyl sites for hydroxylation is 2. The largest absolute Gasteiger partial charge is 0.480 e. The minimum absolute atomic E-state index is 0.235. The van der Waals surface area contributed by atoms with Crippen LogP contribution in [0.4, 0.5) is 4.39 Å². The maximum absolute atomic E-state index is 14.7. The molecule has 1 heterocycles. The van der Waals surface area contributed by atoms with Gasteiger partial charge in [-0.3, -0.25) is 9.59 Å². The van der Waals surface area contributed by atoms with Crippen molar-refractivity contribution in [3.63, 3.8) is 0 Å². The van der Waals surface area contributed by atoms with Gasteiger partial charge in [0.05, 0.1) is 8.95 Å². The number of amides is 1. The highest BCUT2D eigenvalue weighted by Crippen LogP contribution is 2.39. The molecule has 0 aliphatic rings. The second-order valence-corrected chi connectivity index (χ2v) is 8.24. The first-order valence-corrected chi connectivity index (χ1v) is 10.5. The van der Waals surface area contributed by atoms with Gasteiger partial charge in [0.15, 0.2) is 11.6 Å². The predicted molar refractivity (Wildman–Crippen MR) is 118 cm³/mol. The Labute approximate surface area is 188 Å². The van der Waals surface area contributed by atoms with E-state index in [1.165, 1.54) is 18.2 Å². The van der Waals surface area contributed by atoms with Crippen molar-refractivity contribution in [2.45, 2.75) is 20.3 Å². The molecule has 6 nitrogen and oxygen atoms in total. The molecule has 1 aromatic heterocycles. The summed E-state index contributed by atoms with van der Waals surface area (Å²) < 4.78 is 21.5. The molecule has 0 atom stereocenters. The first-order chi connectivity index (χ1) is 14.2. The first-order valence-electron chi connectivity index (χ1n) is 8.96. The molecule has 0 aliphatic heterocycles. The standard InChI is InChI=1S/C21H17Br2FN2O4/c1-3-12-4-10(2)14-7-13(8-17(24)19(14)26-12)30-20-15(22)5-11(6-16(20)23)21(29)25-9-18(27)28/h4-8H,3,9H2,1-2H3,(H,25,29)(H,27,28). The molecule has 3 rings (SSSR count). The number of benzene rings is 2. The lowest BCUT2D eigenvalue weighted by Crippen LogP contribution is -2.29. The summed E-state index contributed by atoms with van der Waals surface area (Å²) in [5.41, 5.74) is 2.24. The minimum Gasteiger partial charge on any atom is -0.480 e. The summed E-state index contributed by atoms with van der Waals surface area (Å²) in [4.78, 5) is 27.1. The molecule has 0 aliphatic carbocycles. The molecule has 2 N–H and O–H groups in total. The quantitative estimate of drug-likeness (QED) is 0.439. The maximum atomic E-state index is 14.7. The van der Waals surface area contributed by atoms with E-state index in [1.807, 2.05) is 19.9 Å². The van der Waals surface area contributed by atoms with E-state index in [2.05, 4.69) is 42.2 Å². The molecular weight excluding hydrogens is 523 g/mol. The lowest BCUT2D eigenvalue weighted by Gasteiger charge is -2.14. The SMILES string of the molecule is CCc1cc(C)c2cc(Oc3c(Br)cc(C(=O)NCC(=O)O)cc3Br)cc(F)c2n1. The van der Waals surface area contributed by atoms with Crippen LogP contribution in [0.2, 0.25) is 0 Å². The average Bonchev–Trinajstić information content (AvgIpc) is 2.69. The van der Waals surface area contributed by atoms with Crippen LogP contribution in [0.25, 0.3) is 10.9 Å². The van der Waals surface area contributed by atoms with E-state index in [4.69, 9.17) is 9.84 Å². The normalized spacial score (nSPS) is 10.8. The minimum atomic E-state index is -1.14. The van der Waals surface area contributed by atoms with Crippen LogP contribution >= 0.6 is 31.9 Å². The summed E-state index contributed by atoms with van der Waals surface area (Å²) in [5, 5.41) is 11.6. The van der Waals surface area contributed by atoms with Crippen molar-refractivity contribution in [2.24, 2.45) is 0 Å². The van der Waals surface area contributed by atoms with Gasteiger partial charge in [-0.1, -0.05) is 6.92 Å². The number of hydrogen-bond donors (Lipinski definition) is 2. The zero-order chi connectivity index (χ0) is 22.0. The number of carbonyl (C=O) groups excluding carboxylic acids is 1. The number of hydrogen-bond acceptors (Lipinski definition) is 4. The van der Waals surface area contributed by atoms with Crippen LogP contribution in [-0.4, -0.2) is 28.5 Å². The number of halogens is 3. The van der Waals surface area contributed by atoms with E-state index in [-0.39, 0.29) is 11.3 Å². The number of nitrogens with one attached hydrogen (secondary N) is 1. The molecule has 0 unspecified atom stereocenters. The van der Waals surface area contributed by atoms with Gasteiger partial charge in [-0.2, -0.15) is 0 Å². The lowest BCUT2D eigenvalue weighted by atomic mass is 10.1. The zero-order valence-corrected chi connectivity index (χ0v) is 19.2. The van der Waals surface area contributed by atoms with Gasteiger partial charge < -0.3 is 15.2 Å². The van der Waals surface area contributed by atoms with Gasteiger partial charge in [0.25, 0.3) is 5.91 Å². The number of rotatable bonds is 6. The molecule has 0 fully saturated rings. The fourth-order valence-corrected chi connectivity index (χ4v) is 4.24. The van der Waals surface area contributed by atoms with E-state index in [0.717, 1.165) is 11.3 Å². The third-order valence-electron chi connectivity index (χ3n) is 4.34. The van der Waals surface area contributed by atoms with Crippen molar-refractivity contribution in [3.05, 3.63) is 61.9 Å². The molecule has 3 aromatic rings.